The van der Waals surface area contributed by atoms with Crippen molar-refractivity contribution in [1.82, 2.24) is 15.2 Å². The van der Waals surface area contributed by atoms with Gasteiger partial charge >= 0.3 is 6.03 Å². The molecule has 1 aliphatic heterocycles. The molecule has 27 heavy (non-hydrogen) atoms. The van der Waals surface area contributed by atoms with Gasteiger partial charge in [0.25, 0.3) is 0 Å². The number of carbonyl (C=O) groups excluding carboxylic acids is 2. The average Bonchev–Trinajstić information content (AvgIpc) is 3.22. The number of amides is 3. The smallest absolute Gasteiger partial charge is 0.321 e. The zero-order valence-corrected chi connectivity index (χ0v) is 15.4. The lowest BCUT2D eigenvalue weighted by Gasteiger charge is -2.17. The van der Waals surface area contributed by atoms with Crippen LogP contribution in [0.15, 0.2) is 48.8 Å². The second-order valence-corrected chi connectivity index (χ2v) is 7.67. The van der Waals surface area contributed by atoms with E-state index in [9.17, 15) is 9.59 Å². The number of rotatable bonds is 4. The van der Waals surface area contributed by atoms with Crippen LogP contribution in [0.5, 0.6) is 0 Å². The molecule has 6 heteroatoms. The molecule has 1 aromatic heterocycles. The summed E-state index contributed by atoms with van der Waals surface area (Å²) in [6, 6.07) is 11.5. The van der Waals surface area contributed by atoms with Crippen LogP contribution in [0.4, 0.5) is 10.5 Å². The first-order chi connectivity index (χ1) is 13.1. The van der Waals surface area contributed by atoms with Gasteiger partial charge in [0.2, 0.25) is 5.91 Å². The lowest BCUT2D eigenvalue weighted by Crippen LogP contribution is -2.34. The molecule has 2 aromatic rings. The van der Waals surface area contributed by atoms with E-state index in [0.717, 1.165) is 29.7 Å². The third kappa shape index (κ3) is 3.79. The first kappa shape index (κ1) is 17.5. The minimum Gasteiger partial charge on any atom is -0.352 e. The van der Waals surface area contributed by atoms with Gasteiger partial charge in [0.15, 0.2) is 0 Å². The number of carbonyl (C=O) groups is 2. The van der Waals surface area contributed by atoms with E-state index >= 15 is 0 Å². The summed E-state index contributed by atoms with van der Waals surface area (Å²) in [5, 5.41) is 5.95. The Morgan fingerprint density at radius 1 is 1.26 bits per heavy atom. The molecular weight excluding hydrogens is 340 g/mol. The molecule has 2 heterocycles. The molecule has 1 aliphatic carbocycles. The van der Waals surface area contributed by atoms with Gasteiger partial charge in [-0.15, -0.1) is 0 Å². The average molecular weight is 364 g/mol. The quantitative estimate of drug-likeness (QED) is 0.876. The number of likely N-dealkylation sites (tertiary alicyclic amines) is 1. The summed E-state index contributed by atoms with van der Waals surface area (Å²) < 4.78 is 0. The van der Waals surface area contributed by atoms with Crippen molar-refractivity contribution in [2.75, 3.05) is 18.4 Å². The molecule has 1 spiro atoms. The lowest BCUT2D eigenvalue weighted by atomic mass is 10.0. The Labute approximate surface area is 159 Å². The lowest BCUT2D eigenvalue weighted by molar-refractivity contribution is -0.123. The van der Waals surface area contributed by atoms with E-state index < -0.39 is 0 Å². The van der Waals surface area contributed by atoms with Crippen LogP contribution in [0.1, 0.15) is 24.0 Å². The van der Waals surface area contributed by atoms with Gasteiger partial charge in [0.1, 0.15) is 0 Å². The monoisotopic (exact) mass is 364 g/mol. The van der Waals surface area contributed by atoms with Crippen molar-refractivity contribution < 1.29 is 9.59 Å². The topological polar surface area (TPSA) is 74.3 Å². The largest absolute Gasteiger partial charge is 0.352 e. The Morgan fingerprint density at radius 3 is 2.81 bits per heavy atom. The van der Waals surface area contributed by atoms with Gasteiger partial charge in [0.05, 0.1) is 0 Å². The highest BCUT2D eigenvalue weighted by atomic mass is 16.2. The molecule has 1 aromatic carbocycles. The molecule has 0 radical (unpaired) electrons. The molecule has 2 aliphatic rings. The third-order valence-electron chi connectivity index (χ3n) is 5.67. The number of aromatic nitrogens is 1. The number of hydrogen-bond acceptors (Lipinski definition) is 3. The van der Waals surface area contributed by atoms with Crippen LogP contribution < -0.4 is 10.6 Å². The van der Waals surface area contributed by atoms with Crippen molar-refractivity contribution in [3.63, 3.8) is 0 Å². The first-order valence-corrected chi connectivity index (χ1v) is 9.35. The van der Waals surface area contributed by atoms with Gasteiger partial charge in [-0.25, -0.2) is 4.79 Å². The molecule has 140 valence electrons. The number of aryl methyl sites for hydroxylation is 1. The number of anilines is 1. The Morgan fingerprint density at radius 2 is 2.07 bits per heavy atom. The summed E-state index contributed by atoms with van der Waals surface area (Å²) in [5.41, 5.74) is 2.91. The van der Waals surface area contributed by atoms with Gasteiger partial charge in [-0.1, -0.05) is 23.8 Å². The van der Waals surface area contributed by atoms with Gasteiger partial charge in [-0.05, 0) is 43.5 Å². The van der Waals surface area contributed by atoms with Crippen LogP contribution in [0.3, 0.4) is 0 Å². The third-order valence-corrected chi connectivity index (χ3v) is 5.67. The van der Waals surface area contributed by atoms with Gasteiger partial charge in [-0.3, -0.25) is 9.78 Å². The van der Waals surface area contributed by atoms with Crippen molar-refractivity contribution in [2.24, 2.45) is 11.3 Å². The molecule has 2 fully saturated rings. The highest BCUT2D eigenvalue weighted by Gasteiger charge is 2.61. The maximum Gasteiger partial charge on any atom is 0.321 e. The minimum atomic E-state index is -0.0860. The molecule has 2 atom stereocenters. The molecule has 6 nitrogen and oxygen atoms in total. The molecule has 3 amide bonds. The summed E-state index contributed by atoms with van der Waals surface area (Å²) in [7, 11) is 0. The zero-order chi connectivity index (χ0) is 18.9. The Balaban J connectivity index is 1.28. The predicted molar refractivity (Wildman–Crippen MR) is 103 cm³/mol. The summed E-state index contributed by atoms with van der Waals surface area (Å²) in [6.07, 6.45) is 5.23. The molecule has 1 saturated heterocycles. The van der Waals surface area contributed by atoms with E-state index in [1.54, 1.807) is 12.4 Å². The van der Waals surface area contributed by atoms with E-state index in [1.807, 2.05) is 48.2 Å². The molecular formula is C21H24N4O2. The van der Waals surface area contributed by atoms with Crippen LogP contribution in [0.25, 0.3) is 0 Å². The Kier molecular flexibility index (Phi) is 4.56. The van der Waals surface area contributed by atoms with Gasteiger partial charge in [0, 0.05) is 49.0 Å². The second kappa shape index (κ2) is 7.02. The molecule has 0 unspecified atom stereocenters. The Hall–Kier alpha value is -2.89. The van der Waals surface area contributed by atoms with Gasteiger partial charge < -0.3 is 15.5 Å². The van der Waals surface area contributed by atoms with E-state index in [0.29, 0.717) is 19.6 Å². The number of pyridine rings is 1. The van der Waals surface area contributed by atoms with Crippen LogP contribution in [0, 0.1) is 18.3 Å². The Bertz CT molecular complexity index is 837. The van der Waals surface area contributed by atoms with Crippen LogP contribution in [-0.2, 0) is 11.3 Å². The molecule has 2 N–H and O–H groups in total. The van der Waals surface area contributed by atoms with E-state index in [4.69, 9.17) is 0 Å². The maximum absolute atomic E-state index is 12.5. The zero-order valence-electron chi connectivity index (χ0n) is 15.4. The van der Waals surface area contributed by atoms with Crippen LogP contribution in [-0.4, -0.2) is 34.9 Å². The fourth-order valence-electron chi connectivity index (χ4n) is 3.89. The first-order valence-electron chi connectivity index (χ1n) is 9.35. The van der Waals surface area contributed by atoms with Crippen LogP contribution in [0.2, 0.25) is 0 Å². The maximum atomic E-state index is 12.5. The van der Waals surface area contributed by atoms with E-state index in [1.165, 1.54) is 0 Å². The van der Waals surface area contributed by atoms with Crippen molar-refractivity contribution in [3.05, 3.63) is 59.9 Å². The number of nitrogens with one attached hydrogen (secondary N) is 2. The number of hydrogen-bond donors (Lipinski definition) is 2. The summed E-state index contributed by atoms with van der Waals surface area (Å²) in [5.74, 6) is 0.0889. The standard InChI is InChI=1S/C21H24N4O2/c1-15-4-6-17(7-5-15)24-20(27)25-10-8-21(14-25)11-18(21)19(26)23-13-16-3-2-9-22-12-16/h2-7,9,12,18H,8,10-11,13-14H2,1H3,(H,23,26)(H,24,27)/t18-,21-/m1/s1. The summed E-state index contributed by atoms with van der Waals surface area (Å²) >= 11 is 0. The normalized spacial score (nSPS) is 23.3. The minimum absolute atomic E-state index is 0.00588. The van der Waals surface area contributed by atoms with Gasteiger partial charge in [-0.2, -0.15) is 0 Å². The highest BCUT2D eigenvalue weighted by molar-refractivity contribution is 5.90. The summed E-state index contributed by atoms with van der Waals surface area (Å²) in [4.78, 5) is 30.9. The van der Waals surface area contributed by atoms with E-state index in [-0.39, 0.29) is 23.3 Å². The summed E-state index contributed by atoms with van der Waals surface area (Å²) in [6.45, 7) is 3.86. The number of nitrogens with zero attached hydrogens (tertiary/aromatic N) is 2. The molecule has 1 saturated carbocycles. The number of benzene rings is 1. The fraction of sp³-hybridized carbons (Fsp3) is 0.381. The fourth-order valence-corrected chi connectivity index (χ4v) is 3.89. The highest BCUT2D eigenvalue weighted by Crippen LogP contribution is 2.58. The number of urea groups is 1. The predicted octanol–water partition coefficient (Wildman–Crippen LogP) is 2.95. The van der Waals surface area contributed by atoms with Crippen molar-refractivity contribution in [3.8, 4) is 0 Å². The molecule has 0 bridgehead atoms. The SMILES string of the molecule is Cc1ccc(NC(=O)N2CC[C@@]3(C[C@@H]3C(=O)NCc3cccnc3)C2)cc1. The van der Waals surface area contributed by atoms with Crippen molar-refractivity contribution >= 4 is 17.6 Å². The van der Waals surface area contributed by atoms with Crippen molar-refractivity contribution in [1.29, 1.82) is 0 Å². The molecule has 4 rings (SSSR count). The van der Waals surface area contributed by atoms with Crippen LogP contribution >= 0.6 is 0 Å². The second-order valence-electron chi connectivity index (χ2n) is 7.67. The van der Waals surface area contributed by atoms with E-state index in [2.05, 4.69) is 15.6 Å². The van der Waals surface area contributed by atoms with Crippen molar-refractivity contribution in [2.45, 2.75) is 26.3 Å².